The van der Waals surface area contributed by atoms with Crippen LogP contribution < -0.4 is 16.0 Å². The third-order valence-electron chi connectivity index (χ3n) is 1.91. The quantitative estimate of drug-likeness (QED) is 0.395. The van der Waals surface area contributed by atoms with E-state index < -0.39 is 5.91 Å². The topological polar surface area (TPSA) is 76.6 Å². The number of hydrogen-bond acceptors (Lipinski definition) is 5. The van der Waals surface area contributed by atoms with E-state index in [9.17, 15) is 9.90 Å². The van der Waals surface area contributed by atoms with Gasteiger partial charge in [0.25, 0.3) is 5.91 Å². The minimum Gasteiger partial charge on any atom is -0.495 e. The van der Waals surface area contributed by atoms with Crippen LogP contribution in [-0.2, 0) is 4.79 Å². The molecule has 1 heterocycles. The van der Waals surface area contributed by atoms with Gasteiger partial charge >= 0.3 is 0 Å². The van der Waals surface area contributed by atoms with Crippen LogP contribution in [0.25, 0.3) is 0 Å². The van der Waals surface area contributed by atoms with Crippen molar-refractivity contribution in [2.24, 2.45) is 0 Å². The Morgan fingerprint density at radius 3 is 2.54 bits per heavy atom. The second-order valence-electron chi connectivity index (χ2n) is 3.00. The van der Waals surface area contributed by atoms with E-state index in [4.69, 9.17) is 0 Å². The van der Waals surface area contributed by atoms with Crippen molar-refractivity contribution in [3.63, 3.8) is 0 Å². The second kappa shape index (κ2) is 3.23. The average molecular weight is 186 g/mol. The normalized spacial score (nSPS) is 28.0. The van der Waals surface area contributed by atoms with Crippen LogP contribution in [0.4, 0.5) is 0 Å². The van der Waals surface area contributed by atoms with Crippen molar-refractivity contribution >= 4 is 5.91 Å². The summed E-state index contributed by atoms with van der Waals surface area (Å²) in [5, 5.41) is 17.4. The number of nitrogens with one attached hydrogen (secondary N) is 3. The molecule has 74 valence electrons. The maximum atomic E-state index is 11.1. The molecule has 0 aromatic heterocycles. The molecule has 0 aliphatic carbocycles. The van der Waals surface area contributed by atoms with Gasteiger partial charge in [0.1, 0.15) is 0 Å². The van der Waals surface area contributed by atoms with Crippen molar-refractivity contribution in [1.82, 2.24) is 20.9 Å². The van der Waals surface area contributed by atoms with Crippen molar-refractivity contribution in [2.45, 2.75) is 5.91 Å². The Bertz CT molecular complexity index is 251. The number of aliphatic hydroxyl groups excluding tert-OH is 1. The van der Waals surface area contributed by atoms with Gasteiger partial charge in [0.15, 0.2) is 5.88 Å². The second-order valence-corrected chi connectivity index (χ2v) is 3.00. The molecular weight excluding hydrogens is 172 g/mol. The Hall–Kier alpha value is -1.27. The van der Waals surface area contributed by atoms with E-state index in [-0.39, 0.29) is 11.8 Å². The van der Waals surface area contributed by atoms with Gasteiger partial charge in [0, 0.05) is 0 Å². The number of amides is 1. The van der Waals surface area contributed by atoms with Crippen LogP contribution in [0, 0.1) is 0 Å². The maximum Gasteiger partial charge on any atom is 0.253 e. The molecule has 0 spiro atoms. The Labute approximate surface area is 76.6 Å². The summed E-state index contributed by atoms with van der Waals surface area (Å²) >= 11 is 0. The first-order chi connectivity index (χ1) is 6.00. The van der Waals surface area contributed by atoms with E-state index in [1.807, 2.05) is 0 Å². The molecule has 1 atom stereocenters. The van der Waals surface area contributed by atoms with Crippen molar-refractivity contribution in [3.8, 4) is 0 Å². The highest BCUT2D eigenvalue weighted by Gasteiger charge is 2.35. The molecular formula is C7H14N4O2. The van der Waals surface area contributed by atoms with Gasteiger partial charge in [-0.15, -0.1) is 0 Å². The van der Waals surface area contributed by atoms with Gasteiger partial charge < -0.3 is 15.7 Å². The van der Waals surface area contributed by atoms with Gasteiger partial charge in [0.05, 0.1) is 6.08 Å². The maximum absolute atomic E-state index is 11.1. The molecule has 4 N–H and O–H groups in total. The molecule has 1 amide bonds. The van der Waals surface area contributed by atoms with E-state index in [0.29, 0.717) is 0 Å². The van der Waals surface area contributed by atoms with Crippen LogP contribution >= 0.6 is 0 Å². The first kappa shape index (κ1) is 9.82. The van der Waals surface area contributed by atoms with Gasteiger partial charge in [0.2, 0.25) is 5.91 Å². The van der Waals surface area contributed by atoms with Crippen LogP contribution in [0.3, 0.4) is 0 Å². The highest BCUT2D eigenvalue weighted by Crippen LogP contribution is 2.06. The van der Waals surface area contributed by atoms with E-state index in [1.165, 1.54) is 0 Å². The molecule has 1 aliphatic rings. The number of nitrogens with zero attached hydrogens (tertiary/aromatic N) is 1. The number of hydrogen-bond donors (Lipinski definition) is 4. The lowest BCUT2D eigenvalue weighted by atomic mass is 10.3. The summed E-state index contributed by atoms with van der Waals surface area (Å²) in [6.45, 7) is 0. The zero-order chi connectivity index (χ0) is 10.1. The van der Waals surface area contributed by atoms with Crippen molar-refractivity contribution in [1.29, 1.82) is 0 Å². The molecule has 1 unspecified atom stereocenters. The fourth-order valence-corrected chi connectivity index (χ4v) is 1.16. The number of carbonyl (C=O) groups is 1. The molecule has 1 aliphatic heterocycles. The molecule has 1 rings (SSSR count). The van der Waals surface area contributed by atoms with Crippen molar-refractivity contribution < 1.29 is 9.90 Å². The highest BCUT2D eigenvalue weighted by molar-refractivity contribution is 5.89. The summed E-state index contributed by atoms with van der Waals surface area (Å²) in [4.78, 5) is 12.8. The molecule has 6 heteroatoms. The zero-order valence-electron chi connectivity index (χ0n) is 7.88. The molecule has 0 bridgehead atoms. The predicted molar refractivity (Wildman–Crippen MR) is 47.5 cm³/mol. The molecule has 0 saturated carbocycles. The monoisotopic (exact) mass is 186 g/mol. The van der Waals surface area contributed by atoms with E-state index in [2.05, 4.69) is 16.0 Å². The standard InChI is InChI=1S/C7H14N4O2/c1-8-7(11(2)3)9-5(12)4-6(13)10-7/h4,8-9,12H,1-3H3,(H,10,13). The first-order valence-electron chi connectivity index (χ1n) is 3.87. The Morgan fingerprint density at radius 2 is 2.15 bits per heavy atom. The Kier molecular flexibility index (Phi) is 2.44. The third-order valence-corrected chi connectivity index (χ3v) is 1.91. The van der Waals surface area contributed by atoms with Gasteiger partial charge in [-0.3, -0.25) is 15.0 Å². The largest absolute Gasteiger partial charge is 0.495 e. The minimum absolute atomic E-state index is 0.160. The average Bonchev–Trinajstić information content (AvgIpc) is 2.02. The van der Waals surface area contributed by atoms with Gasteiger partial charge in [-0.2, -0.15) is 0 Å². The molecule has 0 saturated heterocycles. The lowest BCUT2D eigenvalue weighted by Crippen LogP contribution is -2.75. The van der Waals surface area contributed by atoms with Gasteiger partial charge in [-0.25, -0.2) is 0 Å². The van der Waals surface area contributed by atoms with E-state index in [1.54, 1.807) is 26.0 Å². The number of carbonyl (C=O) groups excluding carboxylic acids is 1. The fourth-order valence-electron chi connectivity index (χ4n) is 1.16. The Morgan fingerprint density at radius 1 is 1.54 bits per heavy atom. The summed E-state index contributed by atoms with van der Waals surface area (Å²) in [5.41, 5.74) is 0. The molecule has 0 aromatic rings. The van der Waals surface area contributed by atoms with Crippen molar-refractivity contribution in [2.75, 3.05) is 21.1 Å². The summed E-state index contributed by atoms with van der Waals surface area (Å²) in [6.07, 6.45) is 1.08. The van der Waals surface area contributed by atoms with E-state index >= 15 is 0 Å². The van der Waals surface area contributed by atoms with Gasteiger partial charge in [-0.1, -0.05) is 0 Å². The summed E-state index contributed by atoms with van der Waals surface area (Å²) in [5.74, 6) is -1.43. The zero-order valence-corrected chi connectivity index (χ0v) is 7.88. The number of aliphatic hydroxyl groups is 1. The van der Waals surface area contributed by atoms with Crippen LogP contribution in [-0.4, -0.2) is 43.0 Å². The van der Waals surface area contributed by atoms with Gasteiger partial charge in [-0.05, 0) is 21.1 Å². The van der Waals surface area contributed by atoms with Crippen LogP contribution in [0.1, 0.15) is 0 Å². The van der Waals surface area contributed by atoms with Crippen molar-refractivity contribution in [3.05, 3.63) is 12.0 Å². The minimum atomic E-state index is -0.921. The van der Waals surface area contributed by atoms with Crippen LogP contribution in [0.2, 0.25) is 0 Å². The molecule has 0 aromatic carbocycles. The lowest BCUT2D eigenvalue weighted by molar-refractivity contribution is -0.124. The molecule has 0 fully saturated rings. The fraction of sp³-hybridized carbons (Fsp3) is 0.571. The summed E-state index contributed by atoms with van der Waals surface area (Å²) < 4.78 is 0. The van der Waals surface area contributed by atoms with Crippen LogP contribution in [0.15, 0.2) is 12.0 Å². The summed E-state index contributed by atoms with van der Waals surface area (Å²) in [6, 6.07) is 0. The highest BCUT2D eigenvalue weighted by atomic mass is 16.3. The lowest BCUT2D eigenvalue weighted by Gasteiger charge is -2.42. The molecule has 0 radical (unpaired) electrons. The molecule has 6 nitrogen and oxygen atoms in total. The predicted octanol–water partition coefficient (Wildman–Crippen LogP) is -1.50. The van der Waals surface area contributed by atoms with E-state index in [0.717, 1.165) is 6.08 Å². The SMILES string of the molecule is CNC1(N(C)C)NC(=O)C=C(O)N1. The van der Waals surface area contributed by atoms with Crippen LogP contribution in [0.5, 0.6) is 0 Å². The molecule has 13 heavy (non-hydrogen) atoms. The Balaban J connectivity index is 2.92. The number of rotatable bonds is 2. The summed E-state index contributed by atoms with van der Waals surface area (Å²) in [7, 11) is 5.20. The smallest absolute Gasteiger partial charge is 0.253 e. The first-order valence-corrected chi connectivity index (χ1v) is 3.87. The third kappa shape index (κ3) is 1.73.